The zero-order chi connectivity index (χ0) is 22.4. The summed E-state index contributed by atoms with van der Waals surface area (Å²) in [6.07, 6.45) is 0.323. The van der Waals surface area contributed by atoms with E-state index in [4.69, 9.17) is 14.2 Å². The van der Waals surface area contributed by atoms with Crippen molar-refractivity contribution in [2.24, 2.45) is 0 Å². The lowest BCUT2D eigenvalue weighted by atomic mass is 10.1. The Morgan fingerprint density at radius 2 is 1.68 bits per heavy atom. The Kier molecular flexibility index (Phi) is 6.96. The third-order valence-electron chi connectivity index (χ3n) is 4.96. The first-order valence-electron chi connectivity index (χ1n) is 9.72. The van der Waals surface area contributed by atoms with Crippen molar-refractivity contribution >= 4 is 23.5 Å². The molecular formula is C22H25N3O6. The van der Waals surface area contributed by atoms with Gasteiger partial charge in [0.05, 0.1) is 33.4 Å². The SMILES string of the molecule is COc1ccc(CCN2C(=O)N[C@H](CC(=O)Nc3ccc(OC)cc3OC)C2=O)cc1. The molecule has 0 radical (unpaired) electrons. The molecule has 1 fully saturated rings. The van der Waals surface area contributed by atoms with Gasteiger partial charge in [0.2, 0.25) is 5.91 Å². The maximum absolute atomic E-state index is 12.6. The monoisotopic (exact) mass is 427 g/mol. The first-order valence-corrected chi connectivity index (χ1v) is 9.72. The normalized spacial score (nSPS) is 15.5. The highest BCUT2D eigenvalue weighted by molar-refractivity contribution is 6.07. The predicted molar refractivity (Wildman–Crippen MR) is 114 cm³/mol. The fraction of sp³-hybridized carbons (Fsp3) is 0.318. The first kappa shape index (κ1) is 21.9. The van der Waals surface area contributed by atoms with Gasteiger partial charge in [0, 0.05) is 12.6 Å². The molecule has 0 aliphatic carbocycles. The average Bonchev–Trinajstić information content (AvgIpc) is 3.05. The van der Waals surface area contributed by atoms with Gasteiger partial charge in [-0.1, -0.05) is 12.1 Å². The number of imide groups is 1. The van der Waals surface area contributed by atoms with Crippen molar-refractivity contribution in [1.29, 1.82) is 0 Å². The lowest BCUT2D eigenvalue weighted by Crippen LogP contribution is -2.35. The van der Waals surface area contributed by atoms with Crippen LogP contribution in [0.4, 0.5) is 10.5 Å². The number of anilines is 1. The number of carbonyl (C=O) groups is 3. The van der Waals surface area contributed by atoms with Crippen LogP contribution in [0.3, 0.4) is 0 Å². The second kappa shape index (κ2) is 9.84. The summed E-state index contributed by atoms with van der Waals surface area (Å²) >= 11 is 0. The molecule has 4 amide bonds. The van der Waals surface area contributed by atoms with Gasteiger partial charge in [-0.15, -0.1) is 0 Å². The minimum atomic E-state index is -0.910. The Balaban J connectivity index is 1.57. The highest BCUT2D eigenvalue weighted by atomic mass is 16.5. The number of rotatable bonds is 9. The van der Waals surface area contributed by atoms with Crippen LogP contribution >= 0.6 is 0 Å². The summed E-state index contributed by atoms with van der Waals surface area (Å²) in [4.78, 5) is 38.5. The van der Waals surface area contributed by atoms with E-state index in [2.05, 4.69) is 10.6 Å². The number of nitrogens with zero attached hydrogens (tertiary/aromatic N) is 1. The zero-order valence-corrected chi connectivity index (χ0v) is 17.6. The smallest absolute Gasteiger partial charge is 0.324 e. The molecule has 9 nitrogen and oxygen atoms in total. The third kappa shape index (κ3) is 5.25. The summed E-state index contributed by atoms with van der Waals surface area (Å²) in [5.74, 6) is 0.906. The molecule has 164 valence electrons. The second-order valence-electron chi connectivity index (χ2n) is 6.91. The molecule has 9 heteroatoms. The largest absolute Gasteiger partial charge is 0.497 e. The van der Waals surface area contributed by atoms with E-state index >= 15 is 0 Å². The van der Waals surface area contributed by atoms with E-state index in [1.807, 2.05) is 24.3 Å². The van der Waals surface area contributed by atoms with E-state index in [1.54, 1.807) is 25.3 Å². The van der Waals surface area contributed by atoms with Gasteiger partial charge in [0.1, 0.15) is 23.3 Å². The van der Waals surface area contributed by atoms with Crippen LogP contribution < -0.4 is 24.8 Å². The van der Waals surface area contributed by atoms with Crippen LogP contribution in [0, 0.1) is 0 Å². The third-order valence-corrected chi connectivity index (χ3v) is 4.96. The van der Waals surface area contributed by atoms with Crippen molar-refractivity contribution in [3.8, 4) is 17.2 Å². The van der Waals surface area contributed by atoms with E-state index in [-0.39, 0.29) is 13.0 Å². The van der Waals surface area contributed by atoms with Crippen molar-refractivity contribution < 1.29 is 28.6 Å². The molecule has 1 heterocycles. The van der Waals surface area contributed by atoms with Crippen LogP contribution in [0.25, 0.3) is 0 Å². The zero-order valence-electron chi connectivity index (χ0n) is 17.6. The summed E-state index contributed by atoms with van der Waals surface area (Å²) in [6, 6.07) is 11.0. The maximum atomic E-state index is 12.6. The molecule has 1 atom stereocenters. The fourth-order valence-electron chi connectivity index (χ4n) is 3.25. The lowest BCUT2D eigenvalue weighted by molar-refractivity contribution is -0.129. The summed E-state index contributed by atoms with van der Waals surface area (Å²) < 4.78 is 15.5. The Labute approximate surface area is 180 Å². The first-order chi connectivity index (χ1) is 14.9. The Morgan fingerprint density at radius 1 is 1.00 bits per heavy atom. The Hall–Kier alpha value is -3.75. The highest BCUT2D eigenvalue weighted by Crippen LogP contribution is 2.29. The molecule has 0 bridgehead atoms. The van der Waals surface area contributed by atoms with Crippen molar-refractivity contribution in [3.63, 3.8) is 0 Å². The van der Waals surface area contributed by atoms with Gasteiger partial charge in [-0.25, -0.2) is 4.79 Å². The molecule has 2 aromatic rings. The van der Waals surface area contributed by atoms with Gasteiger partial charge in [-0.3, -0.25) is 14.5 Å². The van der Waals surface area contributed by atoms with Gasteiger partial charge in [0.15, 0.2) is 0 Å². The lowest BCUT2D eigenvalue weighted by Gasteiger charge is -2.14. The van der Waals surface area contributed by atoms with E-state index < -0.39 is 23.9 Å². The van der Waals surface area contributed by atoms with Gasteiger partial charge in [-0.2, -0.15) is 0 Å². The van der Waals surface area contributed by atoms with Crippen LogP contribution in [-0.4, -0.2) is 56.7 Å². The number of benzene rings is 2. The predicted octanol–water partition coefficient (Wildman–Crippen LogP) is 2.20. The number of urea groups is 1. The molecule has 0 saturated carbocycles. The molecule has 0 spiro atoms. The van der Waals surface area contributed by atoms with Crippen LogP contribution in [0.1, 0.15) is 12.0 Å². The number of amides is 4. The van der Waals surface area contributed by atoms with Crippen LogP contribution in [0.5, 0.6) is 17.2 Å². The van der Waals surface area contributed by atoms with Crippen molar-refractivity contribution in [2.45, 2.75) is 18.9 Å². The number of ether oxygens (including phenoxy) is 3. The summed E-state index contributed by atoms with van der Waals surface area (Å²) in [5, 5.41) is 5.28. The number of methoxy groups -OCH3 is 3. The number of hydrogen-bond donors (Lipinski definition) is 2. The fourth-order valence-corrected chi connectivity index (χ4v) is 3.25. The van der Waals surface area contributed by atoms with Crippen LogP contribution in [0.15, 0.2) is 42.5 Å². The molecule has 2 aromatic carbocycles. The van der Waals surface area contributed by atoms with Gasteiger partial charge < -0.3 is 24.8 Å². The quantitative estimate of drug-likeness (QED) is 0.595. The average molecular weight is 427 g/mol. The molecule has 1 aliphatic rings. The van der Waals surface area contributed by atoms with Crippen molar-refractivity contribution in [1.82, 2.24) is 10.2 Å². The Bertz CT molecular complexity index is 960. The van der Waals surface area contributed by atoms with Gasteiger partial charge >= 0.3 is 6.03 Å². The van der Waals surface area contributed by atoms with Crippen molar-refractivity contribution in [2.75, 3.05) is 33.2 Å². The summed E-state index contributed by atoms with van der Waals surface area (Å²) in [7, 11) is 4.59. The molecule has 1 saturated heterocycles. The molecule has 1 aliphatic heterocycles. The van der Waals surface area contributed by atoms with Crippen molar-refractivity contribution in [3.05, 3.63) is 48.0 Å². The second-order valence-corrected chi connectivity index (χ2v) is 6.91. The Morgan fingerprint density at radius 3 is 2.32 bits per heavy atom. The van der Waals surface area contributed by atoms with Crippen LogP contribution in [-0.2, 0) is 16.0 Å². The number of carbonyl (C=O) groups excluding carboxylic acids is 3. The molecule has 0 unspecified atom stereocenters. The van der Waals surface area contributed by atoms with E-state index in [9.17, 15) is 14.4 Å². The number of hydrogen-bond acceptors (Lipinski definition) is 6. The van der Waals surface area contributed by atoms with Crippen LogP contribution in [0.2, 0.25) is 0 Å². The molecule has 3 rings (SSSR count). The molecule has 0 aromatic heterocycles. The molecule has 31 heavy (non-hydrogen) atoms. The summed E-state index contributed by atoms with van der Waals surface area (Å²) in [6.45, 7) is 0.224. The van der Waals surface area contributed by atoms with Gasteiger partial charge in [-0.05, 0) is 36.2 Å². The molecule has 2 N–H and O–H groups in total. The van der Waals surface area contributed by atoms with E-state index in [0.29, 0.717) is 23.6 Å². The van der Waals surface area contributed by atoms with E-state index in [0.717, 1.165) is 16.2 Å². The number of nitrogens with one attached hydrogen (secondary N) is 2. The topological polar surface area (TPSA) is 106 Å². The minimum absolute atomic E-state index is 0.182. The highest BCUT2D eigenvalue weighted by Gasteiger charge is 2.38. The standard InChI is InChI=1S/C22H25N3O6/c1-29-15-6-4-14(5-7-15)10-11-25-21(27)18(24-22(25)28)13-20(26)23-17-9-8-16(30-2)12-19(17)31-3/h4-9,12,18H,10-11,13H2,1-3H3,(H,23,26)(H,24,28)/t18-/m1/s1. The molecular weight excluding hydrogens is 402 g/mol. The van der Waals surface area contributed by atoms with Gasteiger partial charge in [0.25, 0.3) is 5.91 Å². The van der Waals surface area contributed by atoms with E-state index in [1.165, 1.54) is 14.2 Å². The summed E-state index contributed by atoms with van der Waals surface area (Å²) in [5.41, 5.74) is 1.41. The maximum Gasteiger partial charge on any atom is 0.324 e. The minimum Gasteiger partial charge on any atom is -0.497 e.